The molecule has 1 fully saturated rings. The number of aldehydes is 1. The van der Waals surface area contributed by atoms with Crippen molar-refractivity contribution < 1.29 is 4.79 Å². The van der Waals surface area contributed by atoms with Crippen LogP contribution in [-0.4, -0.2) is 30.3 Å². The molecule has 1 aliphatic rings. The first-order valence-electron chi connectivity index (χ1n) is 6.73. The van der Waals surface area contributed by atoms with Crippen LogP contribution in [0.3, 0.4) is 0 Å². The number of hydrogen-bond donors (Lipinski definition) is 0. The Morgan fingerprint density at radius 1 is 1.44 bits per heavy atom. The fourth-order valence-corrected chi connectivity index (χ4v) is 2.85. The minimum Gasteiger partial charge on any atom is -0.303 e. The van der Waals surface area contributed by atoms with E-state index in [4.69, 9.17) is 0 Å². The summed E-state index contributed by atoms with van der Waals surface area (Å²) in [6.45, 7) is 11.0. The average Bonchev–Trinajstić information content (AvgIpc) is 2.25. The third kappa shape index (κ3) is 3.31. The van der Waals surface area contributed by atoms with Crippen molar-refractivity contribution in [2.24, 2.45) is 11.3 Å². The van der Waals surface area contributed by atoms with Gasteiger partial charge in [-0.25, -0.2) is 0 Å². The van der Waals surface area contributed by atoms with Crippen LogP contribution in [0.4, 0.5) is 0 Å². The number of rotatable bonds is 5. The molecule has 0 aromatic carbocycles. The number of likely N-dealkylation sites (tertiary alicyclic amines) is 1. The minimum atomic E-state index is -0.139. The molecule has 0 amide bonds. The van der Waals surface area contributed by atoms with E-state index in [1.54, 1.807) is 0 Å². The summed E-state index contributed by atoms with van der Waals surface area (Å²) >= 11 is 0. The van der Waals surface area contributed by atoms with Crippen molar-refractivity contribution in [3.05, 3.63) is 0 Å². The van der Waals surface area contributed by atoms with Crippen LogP contribution < -0.4 is 0 Å². The number of carbonyl (C=O) groups is 1. The molecule has 1 aliphatic heterocycles. The van der Waals surface area contributed by atoms with E-state index in [-0.39, 0.29) is 5.41 Å². The van der Waals surface area contributed by atoms with E-state index in [1.807, 2.05) is 0 Å². The monoisotopic (exact) mass is 225 g/mol. The molecule has 0 saturated carbocycles. The third-order valence-electron chi connectivity index (χ3n) is 4.17. The summed E-state index contributed by atoms with van der Waals surface area (Å²) in [6, 6.07) is 0.630. The Bertz CT molecular complexity index is 229. The maximum absolute atomic E-state index is 11.3. The van der Waals surface area contributed by atoms with Crippen LogP contribution in [-0.2, 0) is 4.79 Å². The lowest BCUT2D eigenvalue weighted by Crippen LogP contribution is -2.47. The highest BCUT2D eigenvalue weighted by Gasteiger charge is 2.31. The number of carbonyl (C=O) groups excluding carboxylic acids is 1. The van der Waals surface area contributed by atoms with Gasteiger partial charge in [0.05, 0.1) is 0 Å². The topological polar surface area (TPSA) is 20.3 Å². The molecule has 0 radical (unpaired) electrons. The van der Waals surface area contributed by atoms with Gasteiger partial charge in [0.2, 0.25) is 0 Å². The zero-order valence-electron chi connectivity index (χ0n) is 11.3. The fourth-order valence-electron chi connectivity index (χ4n) is 2.85. The molecular formula is C14H27NO. The Morgan fingerprint density at radius 2 is 2.12 bits per heavy atom. The second-order valence-corrected chi connectivity index (χ2v) is 5.85. The maximum atomic E-state index is 11.3. The van der Waals surface area contributed by atoms with E-state index in [9.17, 15) is 4.79 Å². The van der Waals surface area contributed by atoms with E-state index in [1.165, 1.54) is 25.7 Å². The summed E-state index contributed by atoms with van der Waals surface area (Å²) in [5.74, 6) is 0.770. The molecule has 0 bridgehead atoms. The second-order valence-electron chi connectivity index (χ2n) is 5.85. The van der Waals surface area contributed by atoms with Crippen molar-refractivity contribution in [1.82, 2.24) is 4.90 Å². The summed E-state index contributed by atoms with van der Waals surface area (Å²) < 4.78 is 0. The third-order valence-corrected chi connectivity index (χ3v) is 4.17. The van der Waals surface area contributed by atoms with Gasteiger partial charge in [0.25, 0.3) is 0 Å². The molecule has 0 aromatic rings. The Morgan fingerprint density at radius 3 is 2.69 bits per heavy atom. The van der Waals surface area contributed by atoms with Crippen LogP contribution in [0.15, 0.2) is 0 Å². The molecule has 94 valence electrons. The molecule has 0 aliphatic carbocycles. The number of nitrogens with zero attached hydrogens (tertiary/aromatic N) is 1. The Hall–Kier alpha value is -0.370. The van der Waals surface area contributed by atoms with Crippen LogP contribution in [0.2, 0.25) is 0 Å². The van der Waals surface area contributed by atoms with Gasteiger partial charge in [0.15, 0.2) is 0 Å². The van der Waals surface area contributed by atoms with Gasteiger partial charge in [0, 0.05) is 18.0 Å². The van der Waals surface area contributed by atoms with Crippen LogP contribution >= 0.6 is 0 Å². The van der Waals surface area contributed by atoms with E-state index in [0.29, 0.717) is 6.04 Å². The molecular weight excluding hydrogens is 198 g/mol. The van der Waals surface area contributed by atoms with E-state index in [2.05, 4.69) is 32.6 Å². The summed E-state index contributed by atoms with van der Waals surface area (Å²) in [5, 5.41) is 0. The lowest BCUT2D eigenvalue weighted by Gasteiger charge is -2.41. The molecule has 0 aromatic heterocycles. The normalized spacial score (nSPS) is 31.0. The summed E-state index contributed by atoms with van der Waals surface area (Å²) in [7, 11) is 0. The summed E-state index contributed by atoms with van der Waals surface area (Å²) in [5.41, 5.74) is -0.139. The molecule has 2 heteroatoms. The molecule has 1 rings (SSSR count). The first-order valence-corrected chi connectivity index (χ1v) is 6.73. The Kier molecular flexibility index (Phi) is 4.97. The highest BCUT2D eigenvalue weighted by molar-refractivity contribution is 5.59. The highest BCUT2D eigenvalue weighted by atomic mass is 16.1. The maximum Gasteiger partial charge on any atom is 0.127 e. The van der Waals surface area contributed by atoms with Gasteiger partial charge in [-0.15, -0.1) is 0 Å². The van der Waals surface area contributed by atoms with Crippen molar-refractivity contribution >= 4 is 6.29 Å². The molecule has 0 spiro atoms. The van der Waals surface area contributed by atoms with Gasteiger partial charge < -0.3 is 4.79 Å². The average molecular weight is 225 g/mol. The van der Waals surface area contributed by atoms with Gasteiger partial charge in [0.1, 0.15) is 6.29 Å². The summed E-state index contributed by atoms with van der Waals surface area (Å²) in [6.07, 6.45) is 5.89. The quantitative estimate of drug-likeness (QED) is 0.670. The lowest BCUT2D eigenvalue weighted by molar-refractivity contribution is -0.117. The zero-order valence-corrected chi connectivity index (χ0v) is 11.3. The first kappa shape index (κ1) is 13.7. The van der Waals surface area contributed by atoms with Crippen molar-refractivity contribution in [2.45, 2.75) is 59.4 Å². The fraction of sp³-hybridized carbons (Fsp3) is 0.929. The molecule has 3 unspecified atom stereocenters. The van der Waals surface area contributed by atoms with E-state index >= 15 is 0 Å². The van der Waals surface area contributed by atoms with Gasteiger partial charge in [-0.05, 0) is 38.6 Å². The predicted molar refractivity (Wildman–Crippen MR) is 68.5 cm³/mol. The summed E-state index contributed by atoms with van der Waals surface area (Å²) in [4.78, 5) is 13.8. The molecule has 3 atom stereocenters. The molecule has 1 heterocycles. The van der Waals surface area contributed by atoms with Crippen LogP contribution in [0, 0.1) is 11.3 Å². The predicted octanol–water partition coefficient (Wildman–Crippen LogP) is 3.11. The lowest BCUT2D eigenvalue weighted by atomic mass is 9.84. The van der Waals surface area contributed by atoms with E-state index < -0.39 is 0 Å². The highest BCUT2D eigenvalue weighted by Crippen LogP contribution is 2.28. The van der Waals surface area contributed by atoms with Gasteiger partial charge in [-0.2, -0.15) is 0 Å². The van der Waals surface area contributed by atoms with Crippen molar-refractivity contribution in [3.8, 4) is 0 Å². The SMILES string of the molecule is CCCC(C)(C=O)CN1CCCC(C)C1C. The largest absolute Gasteiger partial charge is 0.303 e. The van der Waals surface area contributed by atoms with Crippen molar-refractivity contribution in [3.63, 3.8) is 0 Å². The first-order chi connectivity index (χ1) is 7.52. The van der Waals surface area contributed by atoms with Crippen LogP contribution in [0.25, 0.3) is 0 Å². The van der Waals surface area contributed by atoms with Crippen molar-refractivity contribution in [1.29, 1.82) is 0 Å². The zero-order chi connectivity index (χ0) is 12.2. The number of piperidine rings is 1. The van der Waals surface area contributed by atoms with Gasteiger partial charge in [-0.3, -0.25) is 4.90 Å². The Labute approximate surface area is 100 Å². The Balaban J connectivity index is 2.60. The molecule has 1 saturated heterocycles. The van der Waals surface area contributed by atoms with Gasteiger partial charge in [-0.1, -0.05) is 27.2 Å². The van der Waals surface area contributed by atoms with Crippen LogP contribution in [0.1, 0.15) is 53.4 Å². The molecule has 0 N–H and O–H groups in total. The molecule has 16 heavy (non-hydrogen) atoms. The standard InChI is InChI=1S/C14H27NO/c1-5-8-14(4,11-16)10-15-9-6-7-12(2)13(15)3/h11-13H,5-10H2,1-4H3. The molecule has 2 nitrogen and oxygen atoms in total. The van der Waals surface area contributed by atoms with Gasteiger partial charge >= 0.3 is 0 Å². The van der Waals surface area contributed by atoms with Crippen LogP contribution in [0.5, 0.6) is 0 Å². The second kappa shape index (κ2) is 5.81. The van der Waals surface area contributed by atoms with E-state index in [0.717, 1.165) is 25.3 Å². The van der Waals surface area contributed by atoms with Crippen molar-refractivity contribution in [2.75, 3.05) is 13.1 Å². The number of hydrogen-bond acceptors (Lipinski definition) is 2. The smallest absolute Gasteiger partial charge is 0.127 e. The minimum absolute atomic E-state index is 0.139.